The van der Waals surface area contributed by atoms with Crippen molar-refractivity contribution in [1.29, 1.82) is 0 Å². The van der Waals surface area contributed by atoms with E-state index in [9.17, 15) is 32.7 Å². The molecule has 3 aliphatic heterocycles. The second-order valence-electron chi connectivity index (χ2n) is 11.5. The van der Waals surface area contributed by atoms with Crippen molar-refractivity contribution in [1.82, 2.24) is 18.7 Å². The fourth-order valence-corrected chi connectivity index (χ4v) is 8.67. The first kappa shape index (κ1) is 29.5. The molecule has 13 heteroatoms. The predicted octanol–water partition coefficient (Wildman–Crippen LogP) is 2.48. The lowest BCUT2D eigenvalue weighted by Crippen LogP contribution is -2.58. The van der Waals surface area contributed by atoms with Crippen molar-refractivity contribution in [3.8, 4) is 0 Å². The summed E-state index contributed by atoms with van der Waals surface area (Å²) in [5.74, 6) is -2.06. The van der Waals surface area contributed by atoms with Crippen LogP contribution < -0.4 is 5.56 Å². The van der Waals surface area contributed by atoms with E-state index in [2.05, 4.69) is 15.9 Å². The lowest BCUT2D eigenvalue weighted by Gasteiger charge is -2.43. The standard InChI is InChI=1S/C30H31BrN4O7S/c31-23-8-6-21-13-24(9-7-20(21)12-23)43(41,42)35(18-29(38)39)26-4-2-10-32(30(26)40)17-28(37)33-14-19-11-22(16-33)25-3-1-5-27(36)34(25)15-19/h1,3,5-9,12-13,19,22,26H,2,4,10-11,14-18H2,(H,38,39)/t19-,22+,26-/m0/s1. The number of carboxylic acids is 1. The molecule has 2 aromatic carbocycles. The SMILES string of the molecule is O=C(O)CN([C@H]1CCCN(CC(=O)N2C[C@@H]3C[C@H](C2)c2cccc(=O)n2C3)C1=O)S(=O)(=O)c1ccc2cc(Br)ccc2c1. The number of likely N-dealkylation sites (tertiary alicyclic amines) is 2. The minimum absolute atomic E-state index is 0.0226. The molecule has 0 spiro atoms. The quantitative estimate of drug-likeness (QED) is 0.408. The van der Waals surface area contributed by atoms with Crippen LogP contribution in [0.15, 0.2) is 68.8 Å². The summed E-state index contributed by atoms with van der Waals surface area (Å²) in [6.07, 6.45) is 1.45. The molecule has 43 heavy (non-hydrogen) atoms. The smallest absolute Gasteiger partial charge is 0.318 e. The van der Waals surface area contributed by atoms with Gasteiger partial charge in [0.1, 0.15) is 12.6 Å². The van der Waals surface area contributed by atoms with Gasteiger partial charge in [-0.25, -0.2) is 8.42 Å². The Kier molecular flexibility index (Phi) is 7.90. The summed E-state index contributed by atoms with van der Waals surface area (Å²) in [5, 5.41) is 11.1. The van der Waals surface area contributed by atoms with Crippen LogP contribution in [0.4, 0.5) is 0 Å². The highest BCUT2D eigenvalue weighted by molar-refractivity contribution is 9.10. The largest absolute Gasteiger partial charge is 0.480 e. The average Bonchev–Trinajstić information content (AvgIpc) is 2.97. The van der Waals surface area contributed by atoms with E-state index in [0.29, 0.717) is 31.4 Å². The summed E-state index contributed by atoms with van der Waals surface area (Å²) >= 11 is 3.40. The monoisotopic (exact) mass is 670 g/mol. The highest BCUT2D eigenvalue weighted by Gasteiger charge is 2.43. The van der Waals surface area contributed by atoms with E-state index in [1.807, 2.05) is 12.1 Å². The Morgan fingerprint density at radius 3 is 2.56 bits per heavy atom. The lowest BCUT2D eigenvalue weighted by atomic mass is 9.83. The Morgan fingerprint density at radius 2 is 1.77 bits per heavy atom. The third kappa shape index (κ3) is 5.73. The first-order valence-electron chi connectivity index (χ1n) is 14.2. The third-order valence-corrected chi connectivity index (χ3v) is 11.0. The molecule has 226 valence electrons. The number of aliphatic carboxylic acids is 1. The Bertz CT molecular complexity index is 1790. The highest BCUT2D eigenvalue weighted by atomic mass is 79.9. The molecule has 6 rings (SSSR count). The molecule has 2 saturated heterocycles. The fourth-order valence-electron chi connectivity index (χ4n) is 6.69. The molecule has 0 unspecified atom stereocenters. The van der Waals surface area contributed by atoms with Crippen molar-refractivity contribution in [3.05, 3.63) is 75.1 Å². The molecule has 4 heterocycles. The number of amides is 2. The summed E-state index contributed by atoms with van der Waals surface area (Å²) in [5.41, 5.74) is 0.862. The Morgan fingerprint density at radius 1 is 1.00 bits per heavy atom. The van der Waals surface area contributed by atoms with E-state index >= 15 is 0 Å². The van der Waals surface area contributed by atoms with Gasteiger partial charge in [0, 0.05) is 48.3 Å². The number of carbonyl (C=O) groups excluding carboxylic acids is 2. The maximum absolute atomic E-state index is 13.8. The van der Waals surface area contributed by atoms with Gasteiger partial charge in [-0.3, -0.25) is 19.2 Å². The van der Waals surface area contributed by atoms with Crippen LogP contribution in [0.1, 0.15) is 30.9 Å². The number of nitrogens with zero attached hydrogens (tertiary/aromatic N) is 4. The van der Waals surface area contributed by atoms with Crippen molar-refractivity contribution in [2.24, 2.45) is 5.92 Å². The fraction of sp³-hybridized carbons (Fsp3) is 0.400. The van der Waals surface area contributed by atoms with E-state index in [4.69, 9.17) is 0 Å². The number of hydrogen-bond acceptors (Lipinski definition) is 6. The molecule has 0 aliphatic carbocycles. The Labute approximate surface area is 256 Å². The number of pyridine rings is 1. The summed E-state index contributed by atoms with van der Waals surface area (Å²) in [7, 11) is -4.37. The Hall–Kier alpha value is -3.55. The van der Waals surface area contributed by atoms with Crippen molar-refractivity contribution >= 4 is 54.5 Å². The molecule has 11 nitrogen and oxygen atoms in total. The van der Waals surface area contributed by atoms with E-state index < -0.39 is 34.5 Å². The van der Waals surface area contributed by atoms with Gasteiger partial charge < -0.3 is 19.5 Å². The van der Waals surface area contributed by atoms with Gasteiger partial charge in [-0.15, -0.1) is 0 Å². The third-order valence-electron chi connectivity index (χ3n) is 8.68. The van der Waals surface area contributed by atoms with Crippen molar-refractivity contribution < 1.29 is 27.9 Å². The number of piperidine rings is 2. The number of carbonyl (C=O) groups is 3. The maximum Gasteiger partial charge on any atom is 0.318 e. The molecule has 2 amide bonds. The zero-order valence-corrected chi connectivity index (χ0v) is 25.7. The number of benzene rings is 2. The second-order valence-corrected chi connectivity index (χ2v) is 14.3. The van der Waals surface area contributed by atoms with Crippen LogP contribution in [0.5, 0.6) is 0 Å². The van der Waals surface area contributed by atoms with E-state index in [0.717, 1.165) is 26.3 Å². The molecule has 3 aliphatic rings. The van der Waals surface area contributed by atoms with Crippen molar-refractivity contribution in [2.75, 3.05) is 32.7 Å². The van der Waals surface area contributed by atoms with Crippen LogP contribution >= 0.6 is 15.9 Å². The van der Waals surface area contributed by atoms with Crippen molar-refractivity contribution in [3.63, 3.8) is 0 Å². The normalized spacial score (nSPS) is 22.1. The van der Waals surface area contributed by atoms with Gasteiger partial charge in [0.05, 0.1) is 11.4 Å². The average molecular weight is 672 g/mol. The molecule has 2 bridgehead atoms. The molecule has 3 atom stereocenters. The molecular formula is C30H31BrN4O7S. The first-order chi connectivity index (χ1) is 20.5. The van der Waals surface area contributed by atoms with Gasteiger partial charge in [0.25, 0.3) is 5.56 Å². The first-order valence-corrected chi connectivity index (χ1v) is 16.4. The molecule has 3 aromatic rings. The van der Waals surface area contributed by atoms with Crippen LogP contribution in [0, 0.1) is 5.92 Å². The molecule has 0 radical (unpaired) electrons. The molecule has 1 aromatic heterocycles. The van der Waals surface area contributed by atoms with Gasteiger partial charge in [-0.05, 0) is 66.3 Å². The summed E-state index contributed by atoms with van der Waals surface area (Å²) in [6, 6.07) is 13.8. The molecule has 0 saturated carbocycles. The number of sulfonamides is 1. The zero-order valence-electron chi connectivity index (χ0n) is 23.3. The number of fused-ring (bicyclic) bond motifs is 5. The number of halogens is 1. The van der Waals surface area contributed by atoms with Crippen LogP contribution in [-0.4, -0.2) is 88.7 Å². The van der Waals surface area contributed by atoms with Gasteiger partial charge in [-0.2, -0.15) is 4.31 Å². The Balaban J connectivity index is 1.21. The molecule has 1 N–H and O–H groups in total. The van der Waals surface area contributed by atoms with Gasteiger partial charge in [0.2, 0.25) is 21.8 Å². The molecular weight excluding hydrogens is 640 g/mol. The number of carboxylic acid groups (broad SMARTS) is 1. The number of aromatic nitrogens is 1. The van der Waals surface area contributed by atoms with Crippen molar-refractivity contribution in [2.45, 2.75) is 42.7 Å². The van der Waals surface area contributed by atoms with Crippen LogP contribution in [0.2, 0.25) is 0 Å². The summed E-state index contributed by atoms with van der Waals surface area (Å²) in [6.45, 7) is 0.608. The number of hydrogen-bond donors (Lipinski definition) is 1. The second kappa shape index (κ2) is 11.5. The summed E-state index contributed by atoms with van der Waals surface area (Å²) < 4.78 is 31.0. The lowest BCUT2D eigenvalue weighted by molar-refractivity contribution is -0.147. The predicted molar refractivity (Wildman–Crippen MR) is 161 cm³/mol. The summed E-state index contributed by atoms with van der Waals surface area (Å²) in [4.78, 5) is 54.3. The van der Waals surface area contributed by atoms with E-state index in [1.165, 1.54) is 17.0 Å². The van der Waals surface area contributed by atoms with Crippen LogP contribution in [-0.2, 0) is 31.0 Å². The molecule has 2 fully saturated rings. The maximum atomic E-state index is 13.8. The number of rotatable bonds is 7. The van der Waals surface area contributed by atoms with E-state index in [1.54, 1.807) is 39.8 Å². The highest BCUT2D eigenvalue weighted by Crippen LogP contribution is 2.35. The van der Waals surface area contributed by atoms with Crippen LogP contribution in [0.25, 0.3) is 10.8 Å². The van der Waals surface area contributed by atoms with E-state index in [-0.39, 0.29) is 47.7 Å². The van der Waals surface area contributed by atoms with Crippen LogP contribution in [0.3, 0.4) is 0 Å². The minimum Gasteiger partial charge on any atom is -0.480 e. The zero-order chi connectivity index (χ0) is 30.5. The minimum atomic E-state index is -4.37. The van der Waals surface area contributed by atoms with Gasteiger partial charge in [-0.1, -0.05) is 34.1 Å². The van der Waals surface area contributed by atoms with Gasteiger partial charge >= 0.3 is 5.97 Å². The van der Waals surface area contributed by atoms with Gasteiger partial charge in [0.15, 0.2) is 0 Å². The topological polar surface area (TPSA) is 137 Å².